The minimum atomic E-state index is 0.759. The van der Waals surface area contributed by atoms with Crippen molar-refractivity contribution in [3.63, 3.8) is 0 Å². The van der Waals surface area contributed by atoms with Gasteiger partial charge in [-0.25, -0.2) is 9.97 Å². The summed E-state index contributed by atoms with van der Waals surface area (Å²) < 4.78 is 2.01. The molecule has 0 atom stereocenters. The second-order valence-electron chi connectivity index (χ2n) is 6.63. The van der Waals surface area contributed by atoms with E-state index in [9.17, 15) is 0 Å². The van der Waals surface area contributed by atoms with E-state index in [1.54, 1.807) is 12.4 Å². The Morgan fingerprint density at radius 3 is 2.41 bits per heavy atom. The van der Waals surface area contributed by atoms with Gasteiger partial charge in [-0.2, -0.15) is 5.10 Å². The average molecular weight is 371 g/mol. The van der Waals surface area contributed by atoms with Crippen molar-refractivity contribution in [2.75, 3.05) is 38.1 Å². The second-order valence-corrected chi connectivity index (χ2v) is 6.63. The molecule has 2 aromatic heterocycles. The van der Waals surface area contributed by atoms with Gasteiger partial charge in [-0.1, -0.05) is 13.8 Å². The summed E-state index contributed by atoms with van der Waals surface area (Å²) in [5.74, 6) is 1.74. The molecule has 27 heavy (non-hydrogen) atoms. The fourth-order valence-electron chi connectivity index (χ4n) is 3.67. The molecule has 0 aliphatic carbocycles. The molecule has 2 aromatic rings. The Hall–Kier alpha value is -2.64. The molecule has 1 aliphatic rings. The third-order valence-corrected chi connectivity index (χ3v) is 5.08. The summed E-state index contributed by atoms with van der Waals surface area (Å²) in [5, 5.41) is 8.21. The summed E-state index contributed by atoms with van der Waals surface area (Å²) in [6.45, 7) is 8.66. The largest absolute Gasteiger partial charge is 0.352 e. The average Bonchev–Trinajstić information content (AvgIpc) is 3.04. The summed E-state index contributed by atoms with van der Waals surface area (Å²) in [4.78, 5) is 17.7. The van der Waals surface area contributed by atoms with Gasteiger partial charge in [-0.15, -0.1) is 0 Å². The number of hydrogen-bond acceptors (Lipinski definition) is 5. The molecule has 1 saturated heterocycles. The van der Waals surface area contributed by atoms with E-state index in [-0.39, 0.29) is 0 Å². The van der Waals surface area contributed by atoms with Gasteiger partial charge in [0, 0.05) is 70.5 Å². The number of piperazine rings is 1. The van der Waals surface area contributed by atoms with Crippen molar-refractivity contribution in [3.05, 3.63) is 35.4 Å². The number of aliphatic imine (C=N–C) groups is 1. The number of aromatic nitrogens is 4. The summed E-state index contributed by atoms with van der Waals surface area (Å²) >= 11 is 0. The van der Waals surface area contributed by atoms with Crippen molar-refractivity contribution >= 4 is 11.9 Å². The van der Waals surface area contributed by atoms with Gasteiger partial charge in [0.25, 0.3) is 0 Å². The second kappa shape index (κ2) is 8.83. The van der Waals surface area contributed by atoms with E-state index in [1.807, 2.05) is 24.8 Å². The first-order valence-electron chi connectivity index (χ1n) is 9.69. The van der Waals surface area contributed by atoms with Gasteiger partial charge in [0.05, 0.1) is 5.69 Å². The highest BCUT2D eigenvalue weighted by Gasteiger charge is 2.22. The molecule has 0 amide bonds. The van der Waals surface area contributed by atoms with Crippen LogP contribution in [-0.2, 0) is 26.4 Å². The lowest BCUT2D eigenvalue weighted by Crippen LogP contribution is -2.52. The molecule has 8 heteroatoms. The van der Waals surface area contributed by atoms with E-state index in [0.29, 0.717) is 0 Å². The van der Waals surface area contributed by atoms with Gasteiger partial charge >= 0.3 is 0 Å². The number of aryl methyl sites for hydroxylation is 2. The van der Waals surface area contributed by atoms with Crippen molar-refractivity contribution in [1.29, 1.82) is 0 Å². The molecule has 3 rings (SSSR count). The molecule has 1 aliphatic heterocycles. The van der Waals surface area contributed by atoms with Crippen LogP contribution in [0.15, 0.2) is 23.5 Å². The van der Waals surface area contributed by atoms with Gasteiger partial charge in [0.2, 0.25) is 5.95 Å². The third kappa shape index (κ3) is 4.20. The van der Waals surface area contributed by atoms with Crippen molar-refractivity contribution in [2.45, 2.75) is 33.2 Å². The van der Waals surface area contributed by atoms with Gasteiger partial charge in [0.15, 0.2) is 5.96 Å². The molecule has 8 nitrogen and oxygen atoms in total. The Morgan fingerprint density at radius 2 is 1.81 bits per heavy atom. The molecule has 0 aromatic carbocycles. The monoisotopic (exact) mass is 370 g/mol. The fourth-order valence-corrected chi connectivity index (χ4v) is 3.67. The van der Waals surface area contributed by atoms with Crippen molar-refractivity contribution < 1.29 is 0 Å². The molecule has 0 spiro atoms. The lowest BCUT2D eigenvalue weighted by Gasteiger charge is -2.36. The number of nitrogens with zero attached hydrogens (tertiary/aromatic N) is 7. The third-order valence-electron chi connectivity index (χ3n) is 5.08. The predicted molar refractivity (Wildman–Crippen MR) is 108 cm³/mol. The van der Waals surface area contributed by atoms with Crippen molar-refractivity contribution in [3.8, 4) is 0 Å². The van der Waals surface area contributed by atoms with Gasteiger partial charge in [0.1, 0.15) is 0 Å². The van der Waals surface area contributed by atoms with Crippen LogP contribution >= 0.6 is 0 Å². The molecular weight excluding hydrogens is 340 g/mol. The summed E-state index contributed by atoms with van der Waals surface area (Å²) in [6.07, 6.45) is 5.51. The topological polar surface area (TPSA) is 74.5 Å². The van der Waals surface area contributed by atoms with Crippen LogP contribution in [-0.4, -0.2) is 63.8 Å². The summed E-state index contributed by atoms with van der Waals surface area (Å²) in [5.41, 5.74) is 3.77. The molecule has 1 N–H and O–H groups in total. The van der Waals surface area contributed by atoms with Crippen LogP contribution in [0.4, 0.5) is 5.95 Å². The zero-order valence-corrected chi connectivity index (χ0v) is 16.8. The number of rotatable bonds is 5. The van der Waals surface area contributed by atoms with Crippen LogP contribution in [0.3, 0.4) is 0 Å². The normalized spacial score (nSPS) is 15.3. The van der Waals surface area contributed by atoms with E-state index in [1.165, 1.54) is 17.0 Å². The van der Waals surface area contributed by atoms with Gasteiger partial charge in [-0.3, -0.25) is 9.67 Å². The van der Waals surface area contributed by atoms with Crippen molar-refractivity contribution in [1.82, 2.24) is 30.0 Å². The Kier molecular flexibility index (Phi) is 6.26. The lowest BCUT2D eigenvalue weighted by atomic mass is 10.1. The maximum Gasteiger partial charge on any atom is 0.225 e. The number of anilines is 1. The van der Waals surface area contributed by atoms with Crippen LogP contribution in [0.25, 0.3) is 0 Å². The van der Waals surface area contributed by atoms with E-state index < -0.39 is 0 Å². The zero-order chi connectivity index (χ0) is 19.2. The van der Waals surface area contributed by atoms with E-state index >= 15 is 0 Å². The zero-order valence-electron chi connectivity index (χ0n) is 16.8. The van der Waals surface area contributed by atoms with Crippen LogP contribution in [0.5, 0.6) is 0 Å². The van der Waals surface area contributed by atoms with Crippen LogP contribution in [0.2, 0.25) is 0 Å². The van der Waals surface area contributed by atoms with Gasteiger partial charge < -0.3 is 15.1 Å². The molecule has 1 fully saturated rings. The fraction of sp³-hybridized carbons (Fsp3) is 0.579. The highest BCUT2D eigenvalue weighted by molar-refractivity contribution is 5.80. The quantitative estimate of drug-likeness (QED) is 0.630. The predicted octanol–water partition coefficient (Wildman–Crippen LogP) is 1.23. The molecule has 0 saturated carbocycles. The van der Waals surface area contributed by atoms with E-state index in [4.69, 9.17) is 0 Å². The molecule has 0 bridgehead atoms. The standard InChI is InChI=1S/C19H30N8/c1-5-16-15(17(6-2)25(4)24-16)14-23-18(20-3)26-10-12-27(13-11-26)19-21-8-7-9-22-19/h7-9H,5-6,10-14H2,1-4H3,(H,20,23). The van der Waals surface area contributed by atoms with E-state index in [2.05, 4.69) is 49.0 Å². The summed E-state index contributed by atoms with van der Waals surface area (Å²) in [6, 6.07) is 1.85. The maximum atomic E-state index is 4.66. The number of guanidine groups is 1. The summed E-state index contributed by atoms with van der Waals surface area (Å²) in [7, 11) is 3.88. The molecule has 0 radical (unpaired) electrons. The smallest absolute Gasteiger partial charge is 0.225 e. The van der Waals surface area contributed by atoms with Crippen molar-refractivity contribution in [2.24, 2.45) is 12.0 Å². The van der Waals surface area contributed by atoms with Crippen LogP contribution in [0.1, 0.15) is 30.8 Å². The van der Waals surface area contributed by atoms with E-state index in [0.717, 1.165) is 57.5 Å². The van der Waals surface area contributed by atoms with Crippen LogP contribution < -0.4 is 10.2 Å². The van der Waals surface area contributed by atoms with Gasteiger partial charge in [-0.05, 0) is 18.9 Å². The minimum Gasteiger partial charge on any atom is -0.352 e. The Bertz CT molecular complexity index is 760. The number of hydrogen-bond donors (Lipinski definition) is 1. The Balaban J connectivity index is 1.61. The first-order valence-corrected chi connectivity index (χ1v) is 9.69. The minimum absolute atomic E-state index is 0.759. The molecular formula is C19H30N8. The Morgan fingerprint density at radius 1 is 1.11 bits per heavy atom. The molecule has 3 heterocycles. The highest BCUT2D eigenvalue weighted by atomic mass is 15.4. The lowest BCUT2D eigenvalue weighted by molar-refractivity contribution is 0.370. The Labute approximate surface area is 161 Å². The first-order chi connectivity index (χ1) is 13.2. The highest BCUT2D eigenvalue weighted by Crippen LogP contribution is 2.16. The molecule has 0 unspecified atom stereocenters. The first kappa shape index (κ1) is 19.1. The number of nitrogens with one attached hydrogen (secondary N) is 1. The maximum absolute atomic E-state index is 4.66. The molecule has 146 valence electrons. The van der Waals surface area contributed by atoms with Crippen LogP contribution in [0, 0.1) is 0 Å². The SMILES string of the molecule is CCc1nn(C)c(CC)c1CNC(=NC)N1CCN(c2ncccn2)CC1.